The van der Waals surface area contributed by atoms with Crippen molar-refractivity contribution >= 4 is 23.4 Å². The summed E-state index contributed by atoms with van der Waals surface area (Å²) >= 11 is 0. The van der Waals surface area contributed by atoms with Gasteiger partial charge in [-0.05, 0) is 38.9 Å². The Balaban J connectivity index is 1.27. The van der Waals surface area contributed by atoms with E-state index in [2.05, 4.69) is 32.7 Å². The highest BCUT2D eigenvalue weighted by molar-refractivity contribution is 5.82. The lowest BCUT2D eigenvalue weighted by atomic mass is 9.66. The zero-order valence-corrected chi connectivity index (χ0v) is 20.9. The van der Waals surface area contributed by atoms with Crippen LogP contribution in [-0.4, -0.2) is 95.7 Å². The first-order valence-corrected chi connectivity index (χ1v) is 12.8. The Hall–Kier alpha value is -3.29. The number of nitriles is 1. The number of hydrogen-bond acceptors (Lipinski definition) is 9. The van der Waals surface area contributed by atoms with Gasteiger partial charge >= 0.3 is 0 Å². The van der Waals surface area contributed by atoms with Crippen LogP contribution in [0, 0.1) is 11.3 Å². The van der Waals surface area contributed by atoms with E-state index in [0.717, 1.165) is 56.5 Å². The smallest absolute Gasteiger partial charge is 0.253 e. The van der Waals surface area contributed by atoms with Crippen LogP contribution in [0.5, 0.6) is 0 Å². The Labute approximate surface area is 211 Å². The molecule has 1 saturated carbocycles. The second-order valence-corrected chi connectivity index (χ2v) is 10.6. The van der Waals surface area contributed by atoms with Gasteiger partial charge in [-0.3, -0.25) is 4.79 Å². The van der Waals surface area contributed by atoms with Crippen molar-refractivity contribution in [3.8, 4) is 6.07 Å². The summed E-state index contributed by atoms with van der Waals surface area (Å²) in [5, 5.41) is 9.39. The van der Waals surface area contributed by atoms with E-state index in [1.54, 1.807) is 18.6 Å². The van der Waals surface area contributed by atoms with E-state index in [-0.39, 0.29) is 23.5 Å². The zero-order chi connectivity index (χ0) is 24.9. The Kier molecular flexibility index (Phi) is 5.77. The molecule has 2 aromatic rings. The second kappa shape index (κ2) is 8.98. The third kappa shape index (κ3) is 3.78. The average Bonchev–Trinajstić information content (AvgIpc) is 3.25. The number of fused-ring (bicyclic) bond motifs is 2. The minimum Gasteiger partial charge on any atom is -0.366 e. The number of hydrogen-bond donors (Lipinski definition) is 0. The number of ether oxygens (including phenoxy) is 1. The monoisotopic (exact) mass is 488 g/mol. The van der Waals surface area contributed by atoms with Gasteiger partial charge in [0.1, 0.15) is 29.9 Å². The van der Waals surface area contributed by atoms with Gasteiger partial charge in [0, 0.05) is 62.5 Å². The van der Waals surface area contributed by atoms with Crippen LogP contribution in [0.4, 0.5) is 17.5 Å². The molecule has 1 amide bonds. The van der Waals surface area contributed by atoms with Gasteiger partial charge in [-0.1, -0.05) is 6.42 Å². The maximum atomic E-state index is 13.2. The Morgan fingerprint density at radius 3 is 2.72 bits per heavy atom. The molecule has 5 heterocycles. The normalized spacial score (nSPS) is 25.4. The van der Waals surface area contributed by atoms with Crippen LogP contribution in [0.1, 0.15) is 37.3 Å². The number of rotatable bonds is 3. The molecule has 1 aliphatic carbocycles. The number of nitrogens with zero attached hydrogens (tertiary/aromatic N) is 8. The number of aromatic nitrogens is 3. The van der Waals surface area contributed by atoms with Crippen LogP contribution in [0.3, 0.4) is 0 Å². The largest absolute Gasteiger partial charge is 0.366 e. The molecule has 2 atom stereocenters. The first-order chi connectivity index (χ1) is 17.5. The fourth-order valence-corrected chi connectivity index (χ4v) is 6.17. The van der Waals surface area contributed by atoms with Crippen molar-refractivity contribution in [2.45, 2.75) is 43.7 Å². The number of anilines is 3. The molecule has 2 aromatic heterocycles. The molecular formula is C26H32N8O2. The average molecular weight is 489 g/mol. The Morgan fingerprint density at radius 2 is 2.00 bits per heavy atom. The van der Waals surface area contributed by atoms with E-state index < -0.39 is 0 Å². The fraction of sp³-hybridized carbons (Fsp3) is 0.577. The molecule has 2 unspecified atom stereocenters. The molecule has 3 aliphatic heterocycles. The highest BCUT2D eigenvalue weighted by Gasteiger charge is 2.51. The summed E-state index contributed by atoms with van der Waals surface area (Å²) < 4.78 is 5.80. The van der Waals surface area contributed by atoms with Crippen LogP contribution in [0.2, 0.25) is 0 Å². The summed E-state index contributed by atoms with van der Waals surface area (Å²) in [6, 6.07) is 5.83. The van der Waals surface area contributed by atoms with Crippen LogP contribution >= 0.6 is 0 Å². The highest BCUT2D eigenvalue weighted by atomic mass is 16.5. The fourth-order valence-electron chi connectivity index (χ4n) is 6.17. The molecule has 188 valence electrons. The molecule has 3 fully saturated rings. The molecule has 2 saturated heterocycles. The molecule has 10 heteroatoms. The van der Waals surface area contributed by atoms with Crippen molar-refractivity contribution in [2.75, 3.05) is 62.7 Å². The predicted molar refractivity (Wildman–Crippen MR) is 134 cm³/mol. The van der Waals surface area contributed by atoms with E-state index in [0.29, 0.717) is 25.3 Å². The standard InChI is InChI=1S/C26H32N8O2/c1-18-14-32(8-9-33(18)25(35)20-15-31(2)10-11-36-20)23-22-24(30-17-29-23)34(16-26(22)5-3-6-26)21-12-19(13-27)4-7-28-21/h4,7,12,17-18,20H,3,5-6,8-11,14-16H2,1-2H3. The maximum absolute atomic E-state index is 13.2. The first kappa shape index (κ1) is 23.1. The molecule has 0 N–H and O–H groups in total. The minimum absolute atomic E-state index is 0.00691. The number of piperazine rings is 1. The molecule has 6 rings (SSSR count). The van der Waals surface area contributed by atoms with Crippen molar-refractivity contribution in [2.24, 2.45) is 0 Å². The Morgan fingerprint density at radius 1 is 1.17 bits per heavy atom. The third-order valence-corrected chi connectivity index (χ3v) is 8.27. The van der Waals surface area contributed by atoms with E-state index in [1.807, 2.05) is 18.0 Å². The molecule has 0 aromatic carbocycles. The zero-order valence-electron chi connectivity index (χ0n) is 20.9. The molecule has 0 bridgehead atoms. The number of amides is 1. The van der Waals surface area contributed by atoms with Crippen LogP contribution in [0.25, 0.3) is 0 Å². The second-order valence-electron chi connectivity index (χ2n) is 10.6. The van der Waals surface area contributed by atoms with Gasteiger partial charge in [-0.2, -0.15) is 5.26 Å². The van der Waals surface area contributed by atoms with Gasteiger partial charge in [0.2, 0.25) is 0 Å². The SMILES string of the molecule is CC1CN(c2ncnc3c2C2(CCC2)CN3c2cc(C#N)ccn2)CCN1C(=O)C1CN(C)CCO1. The van der Waals surface area contributed by atoms with Crippen molar-refractivity contribution in [1.82, 2.24) is 24.8 Å². The van der Waals surface area contributed by atoms with Crippen molar-refractivity contribution in [3.05, 3.63) is 35.8 Å². The molecule has 36 heavy (non-hydrogen) atoms. The minimum atomic E-state index is -0.385. The lowest BCUT2D eigenvalue weighted by molar-refractivity contribution is -0.151. The summed E-state index contributed by atoms with van der Waals surface area (Å²) in [7, 11) is 2.03. The van der Waals surface area contributed by atoms with Crippen molar-refractivity contribution in [3.63, 3.8) is 0 Å². The van der Waals surface area contributed by atoms with E-state index in [1.165, 1.54) is 12.0 Å². The molecule has 0 radical (unpaired) electrons. The van der Waals surface area contributed by atoms with Gasteiger partial charge in [-0.25, -0.2) is 15.0 Å². The maximum Gasteiger partial charge on any atom is 0.253 e. The number of carbonyl (C=O) groups is 1. The quantitative estimate of drug-likeness (QED) is 0.639. The van der Waals surface area contributed by atoms with Crippen LogP contribution < -0.4 is 9.80 Å². The van der Waals surface area contributed by atoms with E-state index in [4.69, 9.17) is 14.7 Å². The number of morpholine rings is 1. The van der Waals surface area contributed by atoms with Crippen molar-refractivity contribution < 1.29 is 9.53 Å². The summed E-state index contributed by atoms with van der Waals surface area (Å²) in [6.45, 7) is 7.10. The first-order valence-electron chi connectivity index (χ1n) is 12.8. The van der Waals surface area contributed by atoms with Crippen molar-refractivity contribution in [1.29, 1.82) is 5.26 Å². The number of pyridine rings is 1. The van der Waals surface area contributed by atoms with Gasteiger partial charge < -0.3 is 24.3 Å². The molecule has 4 aliphatic rings. The molecule has 10 nitrogen and oxygen atoms in total. The topological polar surface area (TPSA) is 102 Å². The van der Waals surface area contributed by atoms with Gasteiger partial charge in [0.15, 0.2) is 0 Å². The van der Waals surface area contributed by atoms with Gasteiger partial charge in [-0.15, -0.1) is 0 Å². The van der Waals surface area contributed by atoms with Crippen LogP contribution in [-0.2, 0) is 14.9 Å². The summed E-state index contributed by atoms with van der Waals surface area (Å²) in [5.41, 5.74) is 1.80. The predicted octanol–water partition coefficient (Wildman–Crippen LogP) is 1.68. The van der Waals surface area contributed by atoms with Crippen LogP contribution in [0.15, 0.2) is 24.7 Å². The Bertz CT molecular complexity index is 1210. The lowest BCUT2D eigenvalue weighted by Crippen LogP contribution is -2.59. The summed E-state index contributed by atoms with van der Waals surface area (Å²) in [5.74, 6) is 2.72. The van der Waals surface area contributed by atoms with Gasteiger partial charge in [0.05, 0.1) is 18.2 Å². The third-order valence-electron chi connectivity index (χ3n) is 8.27. The number of likely N-dealkylation sites (N-methyl/N-ethyl adjacent to an activating group) is 1. The molecule has 1 spiro atoms. The lowest BCUT2D eigenvalue weighted by Gasteiger charge is -2.45. The van der Waals surface area contributed by atoms with E-state index >= 15 is 0 Å². The summed E-state index contributed by atoms with van der Waals surface area (Å²) in [4.78, 5) is 35.9. The van der Waals surface area contributed by atoms with Gasteiger partial charge in [0.25, 0.3) is 5.91 Å². The number of carbonyl (C=O) groups excluding carboxylic acids is 1. The summed E-state index contributed by atoms with van der Waals surface area (Å²) in [6.07, 6.45) is 6.31. The highest BCUT2D eigenvalue weighted by Crippen LogP contribution is 2.56. The molecular weight excluding hydrogens is 456 g/mol. The van der Waals surface area contributed by atoms with E-state index in [9.17, 15) is 10.1 Å².